The zero-order chi connectivity index (χ0) is 21.3. The van der Waals surface area contributed by atoms with Crippen molar-refractivity contribution in [3.05, 3.63) is 81.5 Å². The molecule has 0 spiro atoms. The first-order chi connectivity index (χ1) is 14.4. The molecule has 0 radical (unpaired) electrons. The largest absolute Gasteiger partial charge is 0.453 e. The lowest BCUT2D eigenvalue weighted by Crippen LogP contribution is -1.98. The molecule has 0 aliphatic carbocycles. The van der Waals surface area contributed by atoms with E-state index in [4.69, 9.17) is 38.1 Å². The summed E-state index contributed by atoms with van der Waals surface area (Å²) in [5.41, 5.74) is 7.89. The van der Waals surface area contributed by atoms with Crippen molar-refractivity contribution in [3.8, 4) is 23.1 Å². The van der Waals surface area contributed by atoms with Gasteiger partial charge in [0.15, 0.2) is 11.6 Å². The monoisotopic (exact) mass is 444 g/mol. The van der Waals surface area contributed by atoms with Crippen molar-refractivity contribution < 1.29 is 13.5 Å². The van der Waals surface area contributed by atoms with Crippen molar-refractivity contribution in [1.29, 1.82) is 0 Å². The molecule has 2 N–H and O–H groups in total. The van der Waals surface area contributed by atoms with Gasteiger partial charge in [-0.05, 0) is 36.8 Å². The van der Waals surface area contributed by atoms with Crippen molar-refractivity contribution in [2.24, 2.45) is 0 Å². The van der Waals surface area contributed by atoms with Crippen molar-refractivity contribution in [1.82, 2.24) is 15.2 Å². The fraction of sp³-hybridized carbons (Fsp3) is 0.0952. The average molecular weight is 445 g/mol. The molecule has 152 valence electrons. The van der Waals surface area contributed by atoms with Crippen molar-refractivity contribution >= 4 is 28.9 Å². The third-order valence-electron chi connectivity index (χ3n) is 4.26. The van der Waals surface area contributed by atoms with Gasteiger partial charge in [0.1, 0.15) is 11.4 Å². The smallest absolute Gasteiger partial charge is 0.266 e. The van der Waals surface area contributed by atoms with Gasteiger partial charge < -0.3 is 14.9 Å². The molecule has 0 atom stereocenters. The number of nitrogen functional groups attached to an aromatic ring is 1. The zero-order valence-corrected chi connectivity index (χ0v) is 17.2. The summed E-state index contributed by atoms with van der Waals surface area (Å²) in [6, 6.07) is 11.4. The number of rotatable bonds is 5. The van der Waals surface area contributed by atoms with Gasteiger partial charge in [0.25, 0.3) is 5.89 Å². The highest BCUT2D eigenvalue weighted by Crippen LogP contribution is 2.36. The quantitative estimate of drug-likeness (QED) is 0.388. The normalized spacial score (nSPS) is 10.9. The molecule has 0 aliphatic heterocycles. The Hall–Kier alpha value is -3.16. The molecule has 0 bridgehead atoms. The van der Waals surface area contributed by atoms with Gasteiger partial charge in [0.05, 0.1) is 11.4 Å². The van der Waals surface area contributed by atoms with E-state index < -0.39 is 5.82 Å². The second kappa shape index (κ2) is 8.30. The summed E-state index contributed by atoms with van der Waals surface area (Å²) >= 11 is 12.1. The molecule has 0 fully saturated rings. The Morgan fingerprint density at radius 2 is 1.97 bits per heavy atom. The zero-order valence-electron chi connectivity index (χ0n) is 15.7. The van der Waals surface area contributed by atoms with Gasteiger partial charge in [0, 0.05) is 28.5 Å². The Morgan fingerprint density at radius 1 is 1.13 bits per heavy atom. The molecule has 30 heavy (non-hydrogen) atoms. The number of halogens is 3. The van der Waals surface area contributed by atoms with Gasteiger partial charge in [-0.25, -0.2) is 4.39 Å². The molecule has 0 saturated heterocycles. The molecule has 2 heterocycles. The van der Waals surface area contributed by atoms with E-state index in [-0.39, 0.29) is 40.3 Å². The molecule has 0 unspecified atom stereocenters. The Labute approximate surface area is 181 Å². The van der Waals surface area contributed by atoms with E-state index in [1.807, 2.05) is 19.1 Å². The lowest BCUT2D eigenvalue weighted by molar-refractivity contribution is 0.437. The van der Waals surface area contributed by atoms with Gasteiger partial charge in [-0.2, -0.15) is 0 Å². The molecular weight excluding hydrogens is 430 g/mol. The molecule has 2 aromatic heterocycles. The van der Waals surface area contributed by atoms with Crippen molar-refractivity contribution in [3.63, 3.8) is 0 Å². The summed E-state index contributed by atoms with van der Waals surface area (Å²) in [6.45, 7) is 1.89. The SMILES string of the molecule is Cc1cccnc1-c1nnc(Cc2ccc(Cl)c(Oc3cc(N)cc(Cl)c3)c2F)o1. The summed E-state index contributed by atoms with van der Waals surface area (Å²) in [7, 11) is 0. The minimum absolute atomic E-state index is 0.0515. The number of nitrogens with zero attached hydrogens (tertiary/aromatic N) is 3. The number of ether oxygens (including phenoxy) is 1. The summed E-state index contributed by atoms with van der Waals surface area (Å²) in [5, 5.41) is 8.47. The third-order valence-corrected chi connectivity index (χ3v) is 4.78. The molecule has 4 aromatic rings. The molecule has 4 rings (SSSR count). The van der Waals surface area contributed by atoms with E-state index in [9.17, 15) is 0 Å². The number of aromatic nitrogens is 3. The highest BCUT2D eigenvalue weighted by molar-refractivity contribution is 6.32. The minimum atomic E-state index is -0.644. The fourth-order valence-electron chi connectivity index (χ4n) is 2.86. The number of benzene rings is 2. The Kier molecular flexibility index (Phi) is 5.57. The van der Waals surface area contributed by atoms with Crippen LogP contribution in [0.5, 0.6) is 11.5 Å². The van der Waals surface area contributed by atoms with E-state index in [1.165, 1.54) is 24.3 Å². The summed E-state index contributed by atoms with van der Waals surface area (Å²) in [6.07, 6.45) is 1.69. The molecule has 0 amide bonds. The van der Waals surface area contributed by atoms with E-state index in [0.717, 1.165) is 5.56 Å². The van der Waals surface area contributed by atoms with E-state index in [0.29, 0.717) is 16.4 Å². The van der Waals surface area contributed by atoms with Crippen LogP contribution in [0.3, 0.4) is 0 Å². The summed E-state index contributed by atoms with van der Waals surface area (Å²) in [5.74, 6) is -0.0211. The van der Waals surface area contributed by atoms with Crippen LogP contribution < -0.4 is 10.5 Å². The van der Waals surface area contributed by atoms with Crippen LogP contribution in [0, 0.1) is 12.7 Å². The lowest BCUT2D eigenvalue weighted by atomic mass is 10.1. The molecule has 2 aromatic carbocycles. The number of hydrogen-bond acceptors (Lipinski definition) is 6. The topological polar surface area (TPSA) is 87.1 Å². The number of aryl methyl sites for hydroxylation is 1. The number of nitrogens with two attached hydrogens (primary N) is 1. The predicted octanol–water partition coefficient (Wildman–Crippen LogP) is 5.85. The average Bonchev–Trinajstić information content (AvgIpc) is 3.15. The predicted molar refractivity (Wildman–Crippen MR) is 112 cm³/mol. The van der Waals surface area contributed by atoms with Gasteiger partial charge in [-0.1, -0.05) is 35.3 Å². The van der Waals surface area contributed by atoms with Crippen LogP contribution in [-0.2, 0) is 6.42 Å². The first-order valence-corrected chi connectivity index (χ1v) is 9.61. The number of anilines is 1. The van der Waals surface area contributed by atoms with Crippen molar-refractivity contribution in [2.45, 2.75) is 13.3 Å². The van der Waals surface area contributed by atoms with Crippen LogP contribution in [0.4, 0.5) is 10.1 Å². The van der Waals surface area contributed by atoms with Gasteiger partial charge in [-0.3, -0.25) is 4.98 Å². The van der Waals surface area contributed by atoms with Crippen molar-refractivity contribution in [2.75, 3.05) is 5.73 Å². The molecule has 6 nitrogen and oxygen atoms in total. The van der Waals surface area contributed by atoms with Crippen LogP contribution in [-0.4, -0.2) is 15.2 Å². The van der Waals surface area contributed by atoms with Crippen LogP contribution in [0.25, 0.3) is 11.6 Å². The van der Waals surface area contributed by atoms with Gasteiger partial charge >= 0.3 is 0 Å². The third kappa shape index (κ3) is 4.22. The Bertz CT molecular complexity index is 1210. The van der Waals surface area contributed by atoms with E-state index in [2.05, 4.69) is 15.2 Å². The highest BCUT2D eigenvalue weighted by atomic mass is 35.5. The minimum Gasteiger partial charge on any atom is -0.453 e. The molecule has 0 saturated carbocycles. The fourth-order valence-corrected chi connectivity index (χ4v) is 3.28. The van der Waals surface area contributed by atoms with E-state index in [1.54, 1.807) is 12.3 Å². The maximum Gasteiger partial charge on any atom is 0.266 e. The van der Waals surface area contributed by atoms with Crippen LogP contribution >= 0.6 is 23.2 Å². The second-order valence-electron chi connectivity index (χ2n) is 6.52. The van der Waals surface area contributed by atoms with Crippen LogP contribution in [0.15, 0.2) is 53.1 Å². The number of pyridine rings is 1. The highest BCUT2D eigenvalue weighted by Gasteiger charge is 2.19. The second-order valence-corrected chi connectivity index (χ2v) is 7.36. The molecule has 9 heteroatoms. The Balaban J connectivity index is 1.62. The molecule has 0 aliphatic rings. The maximum absolute atomic E-state index is 15.1. The summed E-state index contributed by atoms with van der Waals surface area (Å²) < 4.78 is 26.4. The van der Waals surface area contributed by atoms with Gasteiger partial charge in [0.2, 0.25) is 5.89 Å². The maximum atomic E-state index is 15.1. The summed E-state index contributed by atoms with van der Waals surface area (Å²) in [4.78, 5) is 4.24. The van der Waals surface area contributed by atoms with Crippen LogP contribution in [0.2, 0.25) is 10.0 Å². The number of hydrogen-bond donors (Lipinski definition) is 1. The van der Waals surface area contributed by atoms with Crippen LogP contribution in [0.1, 0.15) is 17.0 Å². The van der Waals surface area contributed by atoms with E-state index >= 15 is 4.39 Å². The molecular formula is C21H15Cl2FN4O2. The Morgan fingerprint density at radius 3 is 2.73 bits per heavy atom. The standard InChI is InChI=1S/C21H15Cl2FN4O2/c1-11-3-2-6-26-19(11)21-28-27-17(30-21)7-12-4-5-16(23)20(18(12)24)29-15-9-13(22)8-14(25)10-15/h2-6,8-10H,7,25H2,1H3. The first kappa shape index (κ1) is 20.1. The first-order valence-electron chi connectivity index (χ1n) is 8.86. The van der Waals surface area contributed by atoms with Gasteiger partial charge in [-0.15, -0.1) is 10.2 Å². The lowest BCUT2D eigenvalue weighted by Gasteiger charge is -2.12.